The number of hydrogen-bond acceptors (Lipinski definition) is 2. The Bertz CT molecular complexity index is 686. The van der Waals surface area contributed by atoms with Crippen molar-refractivity contribution in [3.05, 3.63) is 83.9 Å². The molecule has 0 spiro atoms. The molecule has 2 aromatic carbocycles. The highest BCUT2D eigenvalue weighted by atomic mass is 16.3. The minimum Gasteiger partial charge on any atom is -0.389 e. The molecule has 4 atom stereocenters. The lowest BCUT2D eigenvalue weighted by atomic mass is 9.63. The van der Waals surface area contributed by atoms with Gasteiger partial charge in [0.15, 0.2) is 0 Å². The van der Waals surface area contributed by atoms with Gasteiger partial charge in [-0.1, -0.05) is 80.1 Å². The first-order valence-corrected chi connectivity index (χ1v) is 9.55. The average Bonchev–Trinajstić information content (AvgIpc) is 2.62. The molecule has 1 aliphatic rings. The molecule has 2 heteroatoms. The molecule has 1 heterocycles. The van der Waals surface area contributed by atoms with E-state index in [2.05, 4.69) is 80.9 Å². The number of hydrogen-bond donors (Lipinski definition) is 1. The van der Waals surface area contributed by atoms with E-state index in [1.165, 1.54) is 11.1 Å². The number of benzene rings is 2. The second kappa shape index (κ2) is 7.38. The third kappa shape index (κ3) is 3.24. The molecule has 2 nitrogen and oxygen atoms in total. The third-order valence-corrected chi connectivity index (χ3v) is 6.27. The van der Waals surface area contributed by atoms with Gasteiger partial charge in [0.05, 0.1) is 5.60 Å². The van der Waals surface area contributed by atoms with E-state index in [4.69, 9.17) is 0 Å². The maximum absolute atomic E-state index is 11.9. The second-order valence-corrected chi connectivity index (χ2v) is 8.08. The number of aliphatic hydroxyl groups is 1. The van der Waals surface area contributed by atoms with Crippen molar-refractivity contribution >= 4 is 0 Å². The Hall–Kier alpha value is -1.90. The fraction of sp³-hybridized carbons (Fsp3) is 0.417. The highest BCUT2D eigenvalue weighted by molar-refractivity contribution is 5.28. The Balaban J connectivity index is 2.12. The molecule has 3 rings (SSSR count). The molecule has 0 saturated carbocycles. The van der Waals surface area contributed by atoms with Crippen LogP contribution >= 0.6 is 0 Å². The van der Waals surface area contributed by atoms with Crippen LogP contribution in [0.2, 0.25) is 0 Å². The van der Waals surface area contributed by atoms with Gasteiger partial charge in [0, 0.05) is 23.9 Å². The van der Waals surface area contributed by atoms with Crippen molar-refractivity contribution < 1.29 is 5.11 Å². The van der Waals surface area contributed by atoms with E-state index in [0.29, 0.717) is 6.42 Å². The Morgan fingerprint density at radius 1 is 0.923 bits per heavy atom. The van der Waals surface area contributed by atoms with E-state index in [-0.39, 0.29) is 23.9 Å². The molecule has 1 N–H and O–H groups in total. The summed E-state index contributed by atoms with van der Waals surface area (Å²) in [5, 5.41) is 11.9. The third-order valence-electron chi connectivity index (χ3n) is 6.27. The van der Waals surface area contributed by atoms with Crippen molar-refractivity contribution in [1.82, 2.24) is 4.90 Å². The summed E-state index contributed by atoms with van der Waals surface area (Å²) < 4.78 is 0. The predicted molar refractivity (Wildman–Crippen MR) is 109 cm³/mol. The normalized spacial score (nSPS) is 32.3. The fourth-order valence-electron chi connectivity index (χ4n) is 4.99. The van der Waals surface area contributed by atoms with Gasteiger partial charge in [-0.05, 0) is 31.5 Å². The van der Waals surface area contributed by atoms with Crippen molar-refractivity contribution in [3.63, 3.8) is 0 Å². The van der Waals surface area contributed by atoms with Gasteiger partial charge in [-0.25, -0.2) is 0 Å². The minimum absolute atomic E-state index is 0.0987. The molecule has 1 saturated heterocycles. The SMILES string of the molecule is C=C(C)CC1(O)C(C)C(c2ccccc2)N(C)C(c2ccccc2)C1C. The van der Waals surface area contributed by atoms with Crippen molar-refractivity contribution in [2.75, 3.05) is 7.05 Å². The van der Waals surface area contributed by atoms with Crippen LogP contribution in [-0.4, -0.2) is 22.7 Å². The van der Waals surface area contributed by atoms with Crippen LogP contribution in [-0.2, 0) is 0 Å². The summed E-state index contributed by atoms with van der Waals surface area (Å²) in [6.07, 6.45) is 0.635. The van der Waals surface area contributed by atoms with E-state index in [1.54, 1.807) is 0 Å². The van der Waals surface area contributed by atoms with Crippen molar-refractivity contribution in [2.45, 2.75) is 44.9 Å². The maximum Gasteiger partial charge on any atom is 0.0771 e. The molecule has 0 radical (unpaired) electrons. The monoisotopic (exact) mass is 349 g/mol. The van der Waals surface area contributed by atoms with Crippen molar-refractivity contribution in [2.24, 2.45) is 11.8 Å². The molecule has 0 aromatic heterocycles. The summed E-state index contributed by atoms with van der Waals surface area (Å²) in [6, 6.07) is 21.5. The Labute approximate surface area is 158 Å². The van der Waals surface area contributed by atoms with Gasteiger partial charge < -0.3 is 5.11 Å². The fourth-order valence-corrected chi connectivity index (χ4v) is 4.99. The highest BCUT2D eigenvalue weighted by Crippen LogP contribution is 2.53. The molecular weight excluding hydrogens is 318 g/mol. The smallest absolute Gasteiger partial charge is 0.0771 e. The second-order valence-electron chi connectivity index (χ2n) is 8.08. The number of nitrogens with zero attached hydrogens (tertiary/aromatic N) is 1. The lowest BCUT2D eigenvalue weighted by Crippen LogP contribution is -2.58. The van der Waals surface area contributed by atoms with Gasteiger partial charge in [0.25, 0.3) is 0 Å². The van der Waals surface area contributed by atoms with Crippen LogP contribution < -0.4 is 0 Å². The molecule has 4 unspecified atom stereocenters. The number of piperidine rings is 1. The Morgan fingerprint density at radius 3 is 1.65 bits per heavy atom. The summed E-state index contributed by atoms with van der Waals surface area (Å²) in [5.41, 5.74) is 2.76. The number of likely N-dealkylation sites (tertiary alicyclic amines) is 1. The summed E-state index contributed by atoms with van der Waals surface area (Å²) in [5.74, 6) is 0.197. The molecular formula is C24H31NO. The molecule has 1 fully saturated rings. The molecule has 0 aliphatic carbocycles. The van der Waals surface area contributed by atoms with Gasteiger partial charge in [0.2, 0.25) is 0 Å². The molecule has 138 valence electrons. The van der Waals surface area contributed by atoms with Crippen molar-refractivity contribution in [3.8, 4) is 0 Å². The zero-order chi connectivity index (χ0) is 18.9. The first-order chi connectivity index (χ1) is 12.4. The van der Waals surface area contributed by atoms with Crippen LogP contribution in [0, 0.1) is 11.8 Å². The van der Waals surface area contributed by atoms with Gasteiger partial charge in [-0.3, -0.25) is 4.90 Å². The standard InChI is InChI=1S/C24H31NO/c1-17(2)16-24(26)18(3)22(20-12-8-6-9-13-20)25(5)23(19(24)4)21-14-10-7-11-15-21/h6-15,18-19,22-23,26H,1,16H2,2-5H3. The number of rotatable bonds is 4. The first-order valence-electron chi connectivity index (χ1n) is 9.55. The lowest BCUT2D eigenvalue weighted by molar-refractivity contribution is -0.154. The molecule has 0 amide bonds. The van der Waals surface area contributed by atoms with Crippen LogP contribution in [0.3, 0.4) is 0 Å². The Kier molecular flexibility index (Phi) is 5.36. The quantitative estimate of drug-likeness (QED) is 0.749. The van der Waals surface area contributed by atoms with Gasteiger partial charge >= 0.3 is 0 Å². The first kappa shape index (κ1) is 18.9. The topological polar surface area (TPSA) is 23.5 Å². The van der Waals surface area contributed by atoms with Crippen LogP contribution in [0.15, 0.2) is 72.8 Å². The van der Waals surface area contributed by atoms with Gasteiger partial charge in [-0.2, -0.15) is 0 Å². The predicted octanol–water partition coefficient (Wildman–Crippen LogP) is 5.38. The zero-order valence-corrected chi connectivity index (χ0v) is 16.4. The van der Waals surface area contributed by atoms with Gasteiger partial charge in [-0.15, -0.1) is 6.58 Å². The highest BCUT2D eigenvalue weighted by Gasteiger charge is 2.53. The molecule has 26 heavy (non-hydrogen) atoms. The molecule has 1 aliphatic heterocycles. The molecule has 2 aromatic rings. The summed E-state index contributed by atoms with van der Waals surface area (Å²) in [4.78, 5) is 2.45. The lowest BCUT2D eigenvalue weighted by Gasteiger charge is -2.56. The Morgan fingerprint density at radius 2 is 1.31 bits per heavy atom. The van der Waals surface area contributed by atoms with Crippen LogP contribution in [0.1, 0.15) is 50.4 Å². The van der Waals surface area contributed by atoms with Gasteiger partial charge in [0.1, 0.15) is 0 Å². The minimum atomic E-state index is -0.792. The van der Waals surface area contributed by atoms with E-state index in [9.17, 15) is 5.11 Å². The largest absolute Gasteiger partial charge is 0.389 e. The van der Waals surface area contributed by atoms with E-state index in [0.717, 1.165) is 5.57 Å². The van der Waals surface area contributed by atoms with E-state index < -0.39 is 5.60 Å². The van der Waals surface area contributed by atoms with Crippen LogP contribution in [0.4, 0.5) is 0 Å². The van der Waals surface area contributed by atoms with Crippen LogP contribution in [0.25, 0.3) is 0 Å². The maximum atomic E-state index is 11.9. The average molecular weight is 350 g/mol. The zero-order valence-electron chi connectivity index (χ0n) is 16.4. The van der Waals surface area contributed by atoms with Crippen LogP contribution in [0.5, 0.6) is 0 Å². The molecule has 0 bridgehead atoms. The van der Waals surface area contributed by atoms with E-state index >= 15 is 0 Å². The summed E-state index contributed by atoms with van der Waals surface area (Å²) >= 11 is 0. The summed E-state index contributed by atoms with van der Waals surface area (Å²) in [7, 11) is 2.20. The van der Waals surface area contributed by atoms with Crippen molar-refractivity contribution in [1.29, 1.82) is 0 Å². The van der Waals surface area contributed by atoms with E-state index in [1.807, 2.05) is 19.1 Å². The summed E-state index contributed by atoms with van der Waals surface area (Å²) in [6.45, 7) is 10.5.